The van der Waals surface area contributed by atoms with E-state index in [2.05, 4.69) is 21.2 Å². The zero-order valence-electron chi connectivity index (χ0n) is 12.9. The molecule has 0 unspecified atom stereocenters. The highest BCUT2D eigenvalue weighted by atomic mass is 79.9. The van der Waals surface area contributed by atoms with Crippen molar-refractivity contribution in [3.8, 4) is 11.5 Å². The minimum absolute atomic E-state index is 0.195. The number of carbonyl (C=O) groups excluding carboxylic acids is 1. The molecule has 0 fully saturated rings. The van der Waals surface area contributed by atoms with Gasteiger partial charge >= 0.3 is 0 Å². The number of methoxy groups -OCH3 is 1. The van der Waals surface area contributed by atoms with E-state index in [9.17, 15) is 4.79 Å². The van der Waals surface area contributed by atoms with Gasteiger partial charge in [-0.2, -0.15) is 0 Å². The van der Waals surface area contributed by atoms with Gasteiger partial charge in [-0.25, -0.2) is 0 Å². The highest BCUT2D eigenvalue weighted by Gasteiger charge is 2.18. The van der Waals surface area contributed by atoms with Crippen molar-refractivity contribution in [2.75, 3.05) is 19.0 Å². The van der Waals surface area contributed by atoms with E-state index in [4.69, 9.17) is 9.47 Å². The van der Waals surface area contributed by atoms with Gasteiger partial charge in [0.15, 0.2) is 0 Å². The smallest absolute Gasteiger partial charge is 0.255 e. The number of amides is 1. The summed E-state index contributed by atoms with van der Waals surface area (Å²) < 4.78 is 11.9. The van der Waals surface area contributed by atoms with E-state index in [0.29, 0.717) is 17.0 Å². The Morgan fingerprint density at radius 1 is 1.26 bits per heavy atom. The lowest BCUT2D eigenvalue weighted by Crippen LogP contribution is -2.21. The van der Waals surface area contributed by atoms with Gasteiger partial charge < -0.3 is 14.8 Å². The van der Waals surface area contributed by atoms with Crippen molar-refractivity contribution < 1.29 is 14.3 Å². The second kappa shape index (κ2) is 6.46. The summed E-state index contributed by atoms with van der Waals surface area (Å²) in [6, 6.07) is 11.4. The van der Waals surface area contributed by atoms with E-state index < -0.39 is 0 Å². The number of hydrogen-bond acceptors (Lipinski definition) is 3. The summed E-state index contributed by atoms with van der Waals surface area (Å²) in [5.74, 6) is 1.21. The number of aryl methyl sites for hydroxylation is 1. The molecule has 0 saturated carbocycles. The maximum atomic E-state index is 12.5. The van der Waals surface area contributed by atoms with Crippen LogP contribution in [0.5, 0.6) is 11.5 Å². The summed E-state index contributed by atoms with van der Waals surface area (Å²) in [5, 5.41) is 2.89. The quantitative estimate of drug-likeness (QED) is 0.877. The Morgan fingerprint density at radius 2 is 2.09 bits per heavy atom. The summed E-state index contributed by atoms with van der Waals surface area (Å²) in [4.78, 5) is 12.5. The van der Waals surface area contributed by atoms with Crippen LogP contribution < -0.4 is 14.8 Å². The van der Waals surface area contributed by atoms with Crippen LogP contribution in [0.25, 0.3) is 6.08 Å². The van der Waals surface area contributed by atoms with E-state index in [1.807, 2.05) is 49.4 Å². The molecule has 3 rings (SSSR count). The minimum atomic E-state index is -0.195. The number of halogens is 1. The monoisotopic (exact) mass is 373 g/mol. The molecule has 0 aromatic heterocycles. The van der Waals surface area contributed by atoms with Crippen LogP contribution in [0, 0.1) is 6.92 Å². The molecule has 23 heavy (non-hydrogen) atoms. The summed E-state index contributed by atoms with van der Waals surface area (Å²) in [5.41, 5.74) is 3.15. The molecule has 2 aromatic rings. The fourth-order valence-electron chi connectivity index (χ4n) is 2.40. The van der Waals surface area contributed by atoms with Crippen molar-refractivity contribution in [3.63, 3.8) is 0 Å². The first-order valence-corrected chi connectivity index (χ1v) is 7.95. The Labute approximate surface area is 143 Å². The van der Waals surface area contributed by atoms with Gasteiger partial charge in [0, 0.05) is 10.0 Å². The molecular formula is C18H16BrNO3. The van der Waals surface area contributed by atoms with Crippen LogP contribution in [0.4, 0.5) is 5.69 Å². The number of hydrogen-bond donors (Lipinski definition) is 1. The van der Waals surface area contributed by atoms with Crippen LogP contribution in [0.1, 0.15) is 11.1 Å². The molecule has 1 aliphatic rings. The number of carbonyl (C=O) groups is 1. The second-order valence-corrected chi connectivity index (χ2v) is 6.21. The minimum Gasteiger partial charge on any atom is -0.495 e. The van der Waals surface area contributed by atoms with Crippen molar-refractivity contribution >= 4 is 33.6 Å². The first-order chi connectivity index (χ1) is 11.1. The lowest BCUT2D eigenvalue weighted by Gasteiger charge is -2.18. The van der Waals surface area contributed by atoms with E-state index in [-0.39, 0.29) is 12.5 Å². The summed E-state index contributed by atoms with van der Waals surface area (Å²) in [7, 11) is 1.58. The van der Waals surface area contributed by atoms with E-state index in [1.165, 1.54) is 0 Å². The molecule has 1 N–H and O–H groups in total. The van der Waals surface area contributed by atoms with Gasteiger partial charge in [-0.3, -0.25) is 4.79 Å². The van der Waals surface area contributed by atoms with Gasteiger partial charge in [0.05, 0.1) is 18.4 Å². The van der Waals surface area contributed by atoms with E-state index in [1.54, 1.807) is 7.11 Å². The third-order valence-electron chi connectivity index (χ3n) is 3.58. The van der Waals surface area contributed by atoms with Gasteiger partial charge in [-0.15, -0.1) is 0 Å². The molecular weight excluding hydrogens is 358 g/mol. The van der Waals surface area contributed by atoms with Crippen LogP contribution in [-0.4, -0.2) is 19.6 Å². The number of anilines is 1. The van der Waals surface area contributed by atoms with Crippen molar-refractivity contribution in [3.05, 3.63) is 57.6 Å². The van der Waals surface area contributed by atoms with E-state index >= 15 is 0 Å². The fourth-order valence-corrected chi connectivity index (χ4v) is 2.78. The van der Waals surface area contributed by atoms with Gasteiger partial charge in [0.2, 0.25) is 0 Å². The largest absolute Gasteiger partial charge is 0.495 e. The van der Waals surface area contributed by atoms with Crippen molar-refractivity contribution in [1.29, 1.82) is 0 Å². The number of fused-ring (bicyclic) bond motifs is 1. The number of benzene rings is 2. The summed E-state index contributed by atoms with van der Waals surface area (Å²) >= 11 is 3.43. The molecule has 4 nitrogen and oxygen atoms in total. The first kappa shape index (κ1) is 15.6. The molecule has 118 valence electrons. The number of ether oxygens (including phenoxy) is 2. The highest BCUT2D eigenvalue weighted by Crippen LogP contribution is 2.30. The highest BCUT2D eigenvalue weighted by molar-refractivity contribution is 9.10. The molecule has 1 heterocycles. The van der Waals surface area contributed by atoms with Gasteiger partial charge in [0.25, 0.3) is 5.91 Å². The summed E-state index contributed by atoms with van der Waals surface area (Å²) in [6.45, 7) is 2.21. The lowest BCUT2D eigenvalue weighted by molar-refractivity contribution is -0.113. The maximum absolute atomic E-state index is 12.5. The van der Waals surface area contributed by atoms with Crippen LogP contribution >= 0.6 is 15.9 Å². The standard InChI is InChI=1S/C18H16BrNO3/c1-11-3-5-17(22-2)15(7-11)20-18(21)13-8-12-9-14(19)4-6-16(12)23-10-13/h3-9H,10H2,1-2H3,(H,20,21). The molecule has 2 aromatic carbocycles. The Bertz CT molecular complexity index is 799. The molecule has 0 atom stereocenters. The zero-order valence-corrected chi connectivity index (χ0v) is 14.4. The molecule has 0 bridgehead atoms. The second-order valence-electron chi connectivity index (χ2n) is 5.30. The van der Waals surface area contributed by atoms with Gasteiger partial charge in [0.1, 0.15) is 18.1 Å². The molecule has 0 saturated heterocycles. The van der Waals surface area contributed by atoms with Gasteiger partial charge in [-0.05, 0) is 48.9 Å². The predicted octanol–water partition coefficient (Wildman–Crippen LogP) is 4.18. The average molecular weight is 374 g/mol. The molecule has 5 heteroatoms. The molecule has 1 amide bonds. The van der Waals surface area contributed by atoms with Crippen molar-refractivity contribution in [1.82, 2.24) is 0 Å². The zero-order chi connectivity index (χ0) is 16.4. The Morgan fingerprint density at radius 3 is 2.87 bits per heavy atom. The van der Waals surface area contributed by atoms with Crippen LogP contribution in [0.3, 0.4) is 0 Å². The fraction of sp³-hybridized carbons (Fsp3) is 0.167. The van der Waals surface area contributed by atoms with Crippen LogP contribution in [0.15, 0.2) is 46.4 Å². The molecule has 0 radical (unpaired) electrons. The Hall–Kier alpha value is -2.27. The normalized spacial score (nSPS) is 12.7. The molecule has 0 aliphatic carbocycles. The number of rotatable bonds is 3. The maximum Gasteiger partial charge on any atom is 0.255 e. The van der Waals surface area contributed by atoms with Crippen LogP contribution in [0.2, 0.25) is 0 Å². The van der Waals surface area contributed by atoms with E-state index in [0.717, 1.165) is 21.3 Å². The summed E-state index contributed by atoms with van der Waals surface area (Å²) in [6.07, 6.45) is 1.85. The van der Waals surface area contributed by atoms with Crippen LogP contribution in [-0.2, 0) is 4.79 Å². The van der Waals surface area contributed by atoms with Gasteiger partial charge in [-0.1, -0.05) is 22.0 Å². The molecule has 1 aliphatic heterocycles. The number of nitrogens with one attached hydrogen (secondary N) is 1. The van der Waals surface area contributed by atoms with Crippen molar-refractivity contribution in [2.24, 2.45) is 0 Å². The average Bonchev–Trinajstić information content (AvgIpc) is 2.54. The van der Waals surface area contributed by atoms with Crippen molar-refractivity contribution in [2.45, 2.75) is 6.92 Å². The Balaban J connectivity index is 1.86. The SMILES string of the molecule is COc1ccc(C)cc1NC(=O)C1=Cc2cc(Br)ccc2OC1. The lowest BCUT2D eigenvalue weighted by atomic mass is 10.1. The topological polar surface area (TPSA) is 47.6 Å². The third-order valence-corrected chi connectivity index (χ3v) is 4.07. The third kappa shape index (κ3) is 3.40. The first-order valence-electron chi connectivity index (χ1n) is 7.16. The molecule has 0 spiro atoms. The predicted molar refractivity (Wildman–Crippen MR) is 94.0 cm³/mol. The Kier molecular flexibility index (Phi) is 4.39.